The minimum atomic E-state index is -3.77. The summed E-state index contributed by atoms with van der Waals surface area (Å²) in [5, 5.41) is 0.347. The molecule has 1 fully saturated rings. The van der Waals surface area contributed by atoms with Crippen molar-refractivity contribution in [2.24, 2.45) is 11.7 Å². The number of rotatable bonds is 5. The summed E-state index contributed by atoms with van der Waals surface area (Å²) in [5.41, 5.74) is 5.32. The molecule has 0 aromatic heterocycles. The Morgan fingerprint density at radius 2 is 2.18 bits per heavy atom. The lowest BCUT2D eigenvalue weighted by molar-refractivity contribution is 0.191. The van der Waals surface area contributed by atoms with Crippen molar-refractivity contribution in [1.82, 2.24) is 4.72 Å². The lowest BCUT2D eigenvalue weighted by Gasteiger charge is -2.42. The maximum atomic E-state index is 12.8. The number of hydrogen-bond acceptors (Lipinski definition) is 4. The Kier molecular flexibility index (Phi) is 5.37. The fraction of sp³-hybridized carbons (Fsp3) is 0.600. The first-order valence-electron chi connectivity index (χ1n) is 7.42. The van der Waals surface area contributed by atoms with Gasteiger partial charge in [0.15, 0.2) is 0 Å². The van der Waals surface area contributed by atoms with E-state index in [0.717, 1.165) is 25.7 Å². The summed E-state index contributed by atoms with van der Waals surface area (Å²) in [4.78, 5) is 0.0492. The van der Waals surface area contributed by atoms with Crippen LogP contribution in [0.15, 0.2) is 23.1 Å². The summed E-state index contributed by atoms with van der Waals surface area (Å²) in [5.74, 6) is 0.457. The van der Waals surface area contributed by atoms with Gasteiger partial charge in [0.1, 0.15) is 10.6 Å². The number of nitrogens with one attached hydrogen (secondary N) is 1. The number of benzene rings is 1. The van der Waals surface area contributed by atoms with Gasteiger partial charge in [-0.05, 0) is 37.0 Å². The minimum Gasteiger partial charge on any atom is -0.495 e. The second kappa shape index (κ2) is 6.74. The molecule has 0 heterocycles. The van der Waals surface area contributed by atoms with E-state index in [4.69, 9.17) is 22.1 Å². The van der Waals surface area contributed by atoms with Gasteiger partial charge >= 0.3 is 0 Å². The fourth-order valence-corrected chi connectivity index (χ4v) is 5.06. The van der Waals surface area contributed by atoms with Gasteiger partial charge in [0.05, 0.1) is 7.11 Å². The number of nitrogens with two attached hydrogens (primary N) is 1. The van der Waals surface area contributed by atoms with E-state index in [1.165, 1.54) is 13.2 Å². The van der Waals surface area contributed by atoms with E-state index in [1.807, 2.05) is 6.92 Å². The predicted octanol–water partition coefficient (Wildman–Crippen LogP) is 2.53. The van der Waals surface area contributed by atoms with Crippen molar-refractivity contribution in [2.45, 2.75) is 43.0 Å². The molecular weight excluding hydrogens is 324 g/mol. The maximum Gasteiger partial charge on any atom is 0.244 e. The van der Waals surface area contributed by atoms with Gasteiger partial charge in [-0.3, -0.25) is 0 Å². The molecule has 0 radical (unpaired) electrons. The third-order valence-corrected chi connectivity index (χ3v) is 6.38. The molecule has 1 aromatic rings. The van der Waals surface area contributed by atoms with Crippen molar-refractivity contribution in [1.29, 1.82) is 0 Å². The molecule has 2 unspecified atom stereocenters. The van der Waals surface area contributed by atoms with Crippen LogP contribution in [0.3, 0.4) is 0 Å². The smallest absolute Gasteiger partial charge is 0.244 e. The Hall–Kier alpha value is -0.820. The van der Waals surface area contributed by atoms with Crippen LogP contribution in [0.2, 0.25) is 5.02 Å². The summed E-state index contributed by atoms with van der Waals surface area (Å²) >= 11 is 5.95. The Morgan fingerprint density at radius 1 is 1.45 bits per heavy atom. The molecule has 0 amide bonds. The Bertz CT molecular complexity index is 636. The van der Waals surface area contributed by atoms with Gasteiger partial charge < -0.3 is 10.5 Å². The molecule has 1 aliphatic rings. The molecule has 22 heavy (non-hydrogen) atoms. The van der Waals surface area contributed by atoms with Crippen molar-refractivity contribution in [3.8, 4) is 5.75 Å². The van der Waals surface area contributed by atoms with Crippen molar-refractivity contribution in [3.63, 3.8) is 0 Å². The number of hydrogen-bond donors (Lipinski definition) is 2. The van der Waals surface area contributed by atoms with Gasteiger partial charge in [-0.2, -0.15) is 0 Å². The van der Waals surface area contributed by atoms with Crippen LogP contribution >= 0.6 is 11.6 Å². The summed E-state index contributed by atoms with van der Waals surface area (Å²) in [6, 6.07) is 4.55. The lowest BCUT2D eigenvalue weighted by Crippen LogP contribution is -2.58. The highest BCUT2D eigenvalue weighted by Gasteiger charge is 2.41. The van der Waals surface area contributed by atoms with Crippen molar-refractivity contribution in [3.05, 3.63) is 23.2 Å². The number of halogens is 1. The van der Waals surface area contributed by atoms with Gasteiger partial charge in [-0.15, -0.1) is 0 Å². The highest BCUT2D eigenvalue weighted by molar-refractivity contribution is 7.89. The molecule has 1 saturated carbocycles. The molecule has 2 atom stereocenters. The SMILES string of the molecule is COc1ccc(Cl)cc1S(=O)(=O)NC1(CN)CCCCC1C. The van der Waals surface area contributed by atoms with Crippen LogP contribution in [0, 0.1) is 5.92 Å². The van der Waals surface area contributed by atoms with Gasteiger partial charge in [0.2, 0.25) is 10.0 Å². The van der Waals surface area contributed by atoms with Gasteiger partial charge in [-0.1, -0.05) is 31.4 Å². The molecule has 5 nitrogen and oxygen atoms in total. The summed E-state index contributed by atoms with van der Waals surface area (Å²) < 4.78 is 33.7. The molecule has 7 heteroatoms. The van der Waals surface area contributed by atoms with E-state index in [1.54, 1.807) is 12.1 Å². The molecule has 0 spiro atoms. The first kappa shape index (κ1) is 17.5. The zero-order chi connectivity index (χ0) is 16.4. The second-order valence-electron chi connectivity index (χ2n) is 5.91. The lowest BCUT2D eigenvalue weighted by atomic mass is 9.74. The molecule has 0 aliphatic heterocycles. The number of ether oxygens (including phenoxy) is 1. The van der Waals surface area contributed by atoms with Gasteiger partial charge in [0, 0.05) is 17.1 Å². The zero-order valence-corrected chi connectivity index (χ0v) is 14.5. The van der Waals surface area contributed by atoms with Crippen LogP contribution in [-0.2, 0) is 10.0 Å². The molecule has 3 N–H and O–H groups in total. The van der Waals surface area contributed by atoms with Crippen LogP contribution in [0.5, 0.6) is 5.75 Å². The third kappa shape index (κ3) is 3.40. The number of methoxy groups -OCH3 is 1. The molecular formula is C15H23ClN2O3S. The average Bonchev–Trinajstić information content (AvgIpc) is 2.49. The summed E-state index contributed by atoms with van der Waals surface area (Å²) in [7, 11) is -2.33. The maximum absolute atomic E-state index is 12.8. The zero-order valence-electron chi connectivity index (χ0n) is 12.9. The Morgan fingerprint density at radius 3 is 2.77 bits per heavy atom. The largest absolute Gasteiger partial charge is 0.495 e. The van der Waals surface area contributed by atoms with Crippen LogP contribution < -0.4 is 15.2 Å². The van der Waals surface area contributed by atoms with E-state index in [2.05, 4.69) is 4.72 Å². The summed E-state index contributed by atoms with van der Waals surface area (Å²) in [6.45, 7) is 2.32. The van der Waals surface area contributed by atoms with Crippen molar-refractivity contribution in [2.75, 3.05) is 13.7 Å². The van der Waals surface area contributed by atoms with Crippen LogP contribution in [0.25, 0.3) is 0 Å². The first-order chi connectivity index (χ1) is 10.3. The second-order valence-corrected chi connectivity index (χ2v) is 8.00. The monoisotopic (exact) mass is 346 g/mol. The van der Waals surface area contributed by atoms with E-state index in [-0.39, 0.29) is 23.1 Å². The van der Waals surface area contributed by atoms with Gasteiger partial charge in [0.25, 0.3) is 0 Å². The van der Waals surface area contributed by atoms with Crippen molar-refractivity contribution < 1.29 is 13.2 Å². The molecule has 1 aromatic carbocycles. The van der Waals surface area contributed by atoms with Crippen LogP contribution in [0.4, 0.5) is 0 Å². The predicted molar refractivity (Wildman–Crippen MR) is 87.7 cm³/mol. The Balaban J connectivity index is 2.40. The quantitative estimate of drug-likeness (QED) is 0.858. The standard InChI is InChI=1S/C15H23ClN2O3S/c1-11-5-3-4-8-15(11,10-17)18-22(19,20)14-9-12(16)6-7-13(14)21-2/h6-7,9,11,18H,3-5,8,10,17H2,1-2H3. The molecule has 124 valence electrons. The Labute approximate surface area is 137 Å². The van der Waals surface area contributed by atoms with Crippen LogP contribution in [0.1, 0.15) is 32.6 Å². The highest BCUT2D eigenvalue weighted by Crippen LogP contribution is 2.35. The van der Waals surface area contributed by atoms with Crippen LogP contribution in [-0.4, -0.2) is 27.6 Å². The molecule has 0 bridgehead atoms. The van der Waals surface area contributed by atoms with E-state index in [0.29, 0.717) is 5.02 Å². The van der Waals surface area contributed by atoms with E-state index >= 15 is 0 Å². The first-order valence-corrected chi connectivity index (χ1v) is 9.28. The molecule has 1 aliphatic carbocycles. The molecule has 0 saturated heterocycles. The third-order valence-electron chi connectivity index (χ3n) is 4.57. The summed E-state index contributed by atoms with van der Waals surface area (Å²) in [6.07, 6.45) is 3.78. The van der Waals surface area contributed by atoms with Gasteiger partial charge in [-0.25, -0.2) is 13.1 Å². The highest BCUT2D eigenvalue weighted by atomic mass is 35.5. The minimum absolute atomic E-state index is 0.0492. The number of sulfonamides is 1. The normalized spacial score (nSPS) is 25.9. The molecule has 2 rings (SSSR count). The van der Waals surface area contributed by atoms with E-state index in [9.17, 15) is 8.42 Å². The average molecular weight is 347 g/mol. The van der Waals surface area contributed by atoms with E-state index < -0.39 is 15.6 Å². The van der Waals surface area contributed by atoms with Crippen molar-refractivity contribution >= 4 is 21.6 Å². The fourth-order valence-electron chi connectivity index (χ4n) is 3.09. The topological polar surface area (TPSA) is 81.4 Å².